The van der Waals surface area contributed by atoms with Gasteiger partial charge in [0.1, 0.15) is 0 Å². The van der Waals surface area contributed by atoms with E-state index in [0.717, 1.165) is 19.3 Å². The summed E-state index contributed by atoms with van der Waals surface area (Å²) < 4.78 is 37.8. The fourth-order valence-electron chi connectivity index (χ4n) is 3.08. The van der Waals surface area contributed by atoms with E-state index >= 15 is 0 Å². The smallest absolute Gasteiger partial charge is 0.265 e. The molecule has 150 valence electrons. The summed E-state index contributed by atoms with van der Waals surface area (Å²) in [4.78, 5) is 10.6. The van der Waals surface area contributed by atoms with E-state index in [1.165, 1.54) is 70.6 Å². The molecule has 0 radical (unpaired) electrons. The maximum Gasteiger partial charge on any atom is 0.327 e. The van der Waals surface area contributed by atoms with E-state index in [9.17, 15) is 18.1 Å². The number of carbonyl (C=O) groups is 1. The zero-order chi connectivity index (χ0) is 18.8. The van der Waals surface area contributed by atoms with E-state index in [2.05, 4.69) is 6.92 Å². The lowest BCUT2D eigenvalue weighted by molar-refractivity contribution is -0.151. The molecule has 0 aliphatic heterocycles. The Morgan fingerprint density at radius 3 is 1.32 bits per heavy atom. The first kappa shape index (κ1) is 24.3. The van der Waals surface area contributed by atoms with Crippen LogP contribution in [0.2, 0.25) is 0 Å². The number of hydrogen-bond acceptors (Lipinski definition) is 1. The summed E-state index contributed by atoms with van der Waals surface area (Å²) in [5, 5.41) is 0. The van der Waals surface area contributed by atoms with Gasteiger partial charge in [0.15, 0.2) is 0 Å². The zero-order valence-electron chi connectivity index (χ0n) is 16.1. The number of alkyl halides is 2. The summed E-state index contributed by atoms with van der Waals surface area (Å²) in [6.07, 6.45) is 18.2. The van der Waals surface area contributed by atoms with Gasteiger partial charge in [-0.2, -0.15) is 14.3 Å². The first-order chi connectivity index (χ1) is 12.0. The number of nitrogens with one attached hydrogen (secondary N) is 1. The molecule has 0 fully saturated rings. The van der Waals surface area contributed by atoms with Gasteiger partial charge >= 0.3 is 11.8 Å². The Bertz CT molecular complexity index is 311. The third-order valence-corrected chi connectivity index (χ3v) is 4.76. The largest absolute Gasteiger partial charge is 0.327 e. The Labute approximate surface area is 152 Å². The summed E-state index contributed by atoms with van der Waals surface area (Å²) in [5.41, 5.74) is 0.521. The van der Waals surface area contributed by atoms with E-state index in [4.69, 9.17) is 0 Å². The molecule has 0 aromatic heterocycles. The van der Waals surface area contributed by atoms with Crippen LogP contribution in [0, 0.1) is 0 Å². The topological polar surface area (TPSA) is 29.1 Å². The van der Waals surface area contributed by atoms with Gasteiger partial charge in [0.05, 0.1) is 0 Å². The molecule has 0 saturated carbocycles. The van der Waals surface area contributed by atoms with Crippen molar-refractivity contribution >= 4 is 5.91 Å². The predicted molar refractivity (Wildman–Crippen MR) is 98.4 cm³/mol. The number of unbranched alkanes of at least 4 members (excludes halogenated alkanes) is 15. The van der Waals surface area contributed by atoms with Gasteiger partial charge in [-0.25, -0.2) is 0 Å². The van der Waals surface area contributed by atoms with Crippen LogP contribution < -0.4 is 5.54 Å². The highest BCUT2D eigenvalue weighted by Gasteiger charge is 2.38. The van der Waals surface area contributed by atoms with Crippen LogP contribution in [0.3, 0.4) is 0 Å². The molecule has 1 N–H and O–H groups in total. The number of amides is 1. The lowest BCUT2D eigenvalue weighted by Gasteiger charge is -2.12. The van der Waals surface area contributed by atoms with Gasteiger partial charge in [-0.1, -0.05) is 103 Å². The van der Waals surface area contributed by atoms with E-state index in [0.29, 0.717) is 12.0 Å². The van der Waals surface area contributed by atoms with Gasteiger partial charge in [-0.3, -0.25) is 4.79 Å². The number of rotatable bonds is 18. The van der Waals surface area contributed by atoms with Crippen molar-refractivity contribution in [1.82, 2.24) is 5.54 Å². The molecule has 0 rings (SSSR count). The van der Waals surface area contributed by atoms with E-state index in [1.54, 1.807) is 0 Å². The molecule has 0 saturated heterocycles. The first-order valence-electron chi connectivity index (χ1n) is 10.3. The van der Waals surface area contributed by atoms with Crippen LogP contribution in [-0.4, -0.2) is 11.8 Å². The summed E-state index contributed by atoms with van der Waals surface area (Å²) in [5.74, 6) is -5.40. The lowest BCUT2D eigenvalue weighted by Crippen LogP contribution is -2.36. The van der Waals surface area contributed by atoms with Crippen molar-refractivity contribution in [3.05, 3.63) is 0 Å². The first-order valence-corrected chi connectivity index (χ1v) is 10.3. The van der Waals surface area contributed by atoms with Gasteiger partial charge in [-0.05, 0) is 6.42 Å². The summed E-state index contributed by atoms with van der Waals surface area (Å²) >= 11 is 0. The zero-order valence-corrected chi connectivity index (χ0v) is 16.1. The lowest BCUT2D eigenvalue weighted by atomic mass is 10.0. The highest BCUT2D eigenvalue weighted by atomic mass is 19.3. The van der Waals surface area contributed by atoms with Crippen molar-refractivity contribution in [3.8, 4) is 0 Å². The molecule has 0 spiro atoms. The molecular formula is C20H38F3NO. The number of halogens is 3. The second-order valence-corrected chi connectivity index (χ2v) is 7.18. The van der Waals surface area contributed by atoms with Crippen molar-refractivity contribution in [2.24, 2.45) is 0 Å². The van der Waals surface area contributed by atoms with E-state index in [-0.39, 0.29) is 6.42 Å². The Morgan fingerprint density at radius 1 is 0.680 bits per heavy atom. The van der Waals surface area contributed by atoms with Crippen molar-refractivity contribution in [2.75, 3.05) is 0 Å². The minimum Gasteiger partial charge on any atom is -0.265 e. The van der Waals surface area contributed by atoms with Gasteiger partial charge in [0.25, 0.3) is 0 Å². The van der Waals surface area contributed by atoms with Crippen LogP contribution in [0.25, 0.3) is 0 Å². The summed E-state index contributed by atoms with van der Waals surface area (Å²) in [7, 11) is 0. The minimum atomic E-state index is -3.58. The molecule has 0 aromatic rings. The average Bonchev–Trinajstić information content (AvgIpc) is 2.60. The maximum absolute atomic E-state index is 13.0. The Hall–Kier alpha value is -0.740. The monoisotopic (exact) mass is 365 g/mol. The second kappa shape index (κ2) is 16.7. The number of hydrogen-bond donors (Lipinski definition) is 1. The van der Waals surface area contributed by atoms with Crippen LogP contribution in [-0.2, 0) is 4.79 Å². The minimum absolute atomic E-state index is 0.263. The predicted octanol–water partition coefficient (Wildman–Crippen LogP) is 7.27. The molecule has 25 heavy (non-hydrogen) atoms. The van der Waals surface area contributed by atoms with Gasteiger partial charge in [0, 0.05) is 6.42 Å². The Balaban J connectivity index is 3.20. The summed E-state index contributed by atoms with van der Waals surface area (Å²) in [6, 6.07) is 0. The van der Waals surface area contributed by atoms with Crippen LogP contribution in [0.1, 0.15) is 116 Å². The molecule has 0 atom stereocenters. The highest BCUT2D eigenvalue weighted by molar-refractivity contribution is 5.82. The van der Waals surface area contributed by atoms with Crippen molar-refractivity contribution in [2.45, 2.75) is 122 Å². The Kier molecular flexibility index (Phi) is 16.2. The molecule has 0 aliphatic rings. The molecule has 0 aromatic carbocycles. The van der Waals surface area contributed by atoms with Crippen molar-refractivity contribution < 1.29 is 18.1 Å². The third kappa shape index (κ3) is 15.2. The molecule has 2 nitrogen and oxygen atoms in total. The fraction of sp³-hybridized carbons (Fsp3) is 0.950. The summed E-state index contributed by atoms with van der Waals surface area (Å²) in [6.45, 7) is 2.24. The van der Waals surface area contributed by atoms with Gasteiger partial charge in [0.2, 0.25) is 0 Å². The third-order valence-electron chi connectivity index (χ3n) is 4.76. The maximum atomic E-state index is 13.0. The van der Waals surface area contributed by atoms with Crippen LogP contribution in [0.5, 0.6) is 0 Å². The van der Waals surface area contributed by atoms with E-state index < -0.39 is 18.3 Å². The van der Waals surface area contributed by atoms with Gasteiger partial charge < -0.3 is 0 Å². The molecule has 5 heteroatoms. The average molecular weight is 366 g/mol. The molecule has 0 bridgehead atoms. The van der Waals surface area contributed by atoms with Gasteiger partial charge in [-0.15, -0.1) is 4.48 Å². The highest BCUT2D eigenvalue weighted by Crippen LogP contribution is 2.22. The SMILES string of the molecule is CCCCCCCCCCCCCCCCCCC(F)(F)C(=O)NF. The standard InChI is InChI=1S/C20H38F3NO/c1-2-3-4-5-6-7-8-9-10-11-12-13-14-15-16-17-18-20(21,22)19(25)24-23/h2-18H2,1H3,(H,24,25). The number of carbonyl (C=O) groups excluding carboxylic acids is 1. The van der Waals surface area contributed by atoms with Crippen LogP contribution >= 0.6 is 0 Å². The molecule has 0 aliphatic carbocycles. The van der Waals surface area contributed by atoms with E-state index in [1.807, 2.05) is 0 Å². The van der Waals surface area contributed by atoms with Crippen molar-refractivity contribution in [3.63, 3.8) is 0 Å². The van der Waals surface area contributed by atoms with Crippen molar-refractivity contribution in [1.29, 1.82) is 0 Å². The molecule has 0 unspecified atom stereocenters. The van der Waals surface area contributed by atoms with Crippen LogP contribution in [0.4, 0.5) is 13.3 Å². The van der Waals surface area contributed by atoms with Crippen LogP contribution in [0.15, 0.2) is 0 Å². The molecular weight excluding hydrogens is 327 g/mol. The second-order valence-electron chi connectivity index (χ2n) is 7.18. The fourth-order valence-corrected chi connectivity index (χ4v) is 3.08. The quantitative estimate of drug-likeness (QED) is 0.201. The normalized spacial score (nSPS) is 11.7. The Morgan fingerprint density at radius 2 is 1.00 bits per heavy atom. The molecule has 1 amide bonds. The molecule has 0 heterocycles.